The van der Waals surface area contributed by atoms with Crippen molar-refractivity contribution < 1.29 is 27.1 Å². The van der Waals surface area contributed by atoms with E-state index < -0.39 is 15.8 Å². The van der Waals surface area contributed by atoms with Gasteiger partial charge >= 0.3 is 0 Å². The summed E-state index contributed by atoms with van der Waals surface area (Å²) in [6.07, 6.45) is 2.86. The maximum atomic E-state index is 14.9. The summed E-state index contributed by atoms with van der Waals surface area (Å²) < 4.78 is 45.9. The molecule has 8 nitrogen and oxygen atoms in total. The minimum atomic E-state index is -3.40. The van der Waals surface area contributed by atoms with Gasteiger partial charge in [-0.15, -0.1) is 0 Å². The molecule has 3 N–H and O–H groups in total. The van der Waals surface area contributed by atoms with Gasteiger partial charge in [0.1, 0.15) is 18.2 Å². The van der Waals surface area contributed by atoms with E-state index in [0.29, 0.717) is 28.8 Å². The zero-order valence-electron chi connectivity index (χ0n) is 21.3. The van der Waals surface area contributed by atoms with Crippen LogP contribution in [0.3, 0.4) is 0 Å². The summed E-state index contributed by atoms with van der Waals surface area (Å²) in [6, 6.07) is 7.74. The van der Waals surface area contributed by atoms with Crippen molar-refractivity contribution in [1.82, 2.24) is 15.4 Å². The second-order valence-corrected chi connectivity index (χ2v) is 12.2. The molecule has 0 atom stereocenters. The number of halogens is 1. The molecule has 0 heterocycles. The molecule has 0 radical (unpaired) electrons. The highest BCUT2D eigenvalue weighted by Crippen LogP contribution is 2.35. The van der Waals surface area contributed by atoms with E-state index >= 15 is 0 Å². The molecule has 36 heavy (non-hydrogen) atoms. The fraction of sp³-hybridized carbons (Fsp3) is 0.462. The van der Waals surface area contributed by atoms with Gasteiger partial charge in [-0.05, 0) is 66.6 Å². The minimum Gasteiger partial charge on any atom is -0.492 e. The zero-order chi connectivity index (χ0) is 26.7. The molecule has 0 spiro atoms. The zero-order valence-corrected chi connectivity index (χ0v) is 22.1. The van der Waals surface area contributed by atoms with Crippen LogP contribution in [0.25, 0.3) is 11.1 Å². The molecule has 10 heteroatoms. The number of ether oxygens (including phenoxy) is 1. The van der Waals surface area contributed by atoms with E-state index in [9.17, 15) is 22.4 Å². The SMILES string of the molecule is Cc1c(F)cc(C(=O)NC2CC2)cc1-c1ccc(C(=O)NCC(C)(C)C)cc1OCCNS(C)(=O)=O. The van der Waals surface area contributed by atoms with E-state index in [4.69, 9.17) is 4.74 Å². The lowest BCUT2D eigenvalue weighted by Gasteiger charge is -2.20. The number of carbonyl (C=O) groups is 2. The molecule has 0 saturated heterocycles. The van der Waals surface area contributed by atoms with Crippen LogP contribution in [0.4, 0.5) is 4.39 Å². The second-order valence-electron chi connectivity index (χ2n) is 10.3. The van der Waals surface area contributed by atoms with E-state index in [2.05, 4.69) is 15.4 Å². The summed E-state index contributed by atoms with van der Waals surface area (Å²) in [4.78, 5) is 25.4. The van der Waals surface area contributed by atoms with E-state index in [-0.39, 0.29) is 47.7 Å². The fourth-order valence-electron chi connectivity index (χ4n) is 3.43. The largest absolute Gasteiger partial charge is 0.492 e. The molecule has 1 fully saturated rings. The molecule has 2 aromatic carbocycles. The molecule has 2 amide bonds. The maximum absolute atomic E-state index is 14.9. The summed E-state index contributed by atoms with van der Waals surface area (Å²) >= 11 is 0. The first-order valence-corrected chi connectivity index (χ1v) is 13.7. The van der Waals surface area contributed by atoms with E-state index in [0.717, 1.165) is 19.1 Å². The summed E-state index contributed by atoms with van der Waals surface area (Å²) in [6.45, 7) is 8.07. The first kappa shape index (κ1) is 27.6. The number of carbonyl (C=O) groups excluding carboxylic acids is 2. The van der Waals surface area contributed by atoms with Crippen molar-refractivity contribution in [2.75, 3.05) is 26.0 Å². The maximum Gasteiger partial charge on any atom is 0.251 e. The van der Waals surface area contributed by atoms with Crippen LogP contribution < -0.4 is 20.1 Å². The standard InChI is InChI=1S/C26H34FN3O5S/c1-16-21(12-18(13-22(16)27)25(32)30-19-7-8-19)20-9-6-17(24(31)28-15-26(2,3)4)14-23(20)35-11-10-29-36(5,33)34/h6,9,12-14,19,29H,7-8,10-11,15H2,1-5H3,(H,28,31)(H,30,32). The summed E-state index contributed by atoms with van der Waals surface area (Å²) in [7, 11) is -3.40. The van der Waals surface area contributed by atoms with Crippen molar-refractivity contribution in [1.29, 1.82) is 0 Å². The Morgan fingerprint density at radius 3 is 2.36 bits per heavy atom. The molecule has 0 aliphatic heterocycles. The first-order valence-electron chi connectivity index (χ1n) is 11.8. The van der Waals surface area contributed by atoms with Gasteiger partial charge in [-0.25, -0.2) is 17.5 Å². The third-order valence-electron chi connectivity index (χ3n) is 5.56. The van der Waals surface area contributed by atoms with Crippen LogP contribution in [0.5, 0.6) is 5.75 Å². The summed E-state index contributed by atoms with van der Waals surface area (Å²) in [5, 5.41) is 5.74. The molecule has 0 bridgehead atoms. The molecule has 3 rings (SSSR count). The Balaban J connectivity index is 1.96. The number of rotatable bonds is 10. The third kappa shape index (κ3) is 8.03. The minimum absolute atomic E-state index is 0.00982. The van der Waals surface area contributed by atoms with Crippen molar-refractivity contribution in [3.63, 3.8) is 0 Å². The number of hydrogen-bond donors (Lipinski definition) is 3. The average molecular weight is 520 g/mol. The Bertz CT molecular complexity index is 1250. The van der Waals surface area contributed by atoms with Gasteiger partial charge in [-0.3, -0.25) is 9.59 Å². The molecule has 0 unspecified atom stereocenters. The highest BCUT2D eigenvalue weighted by Gasteiger charge is 2.25. The average Bonchev–Trinajstić information content (AvgIpc) is 3.59. The summed E-state index contributed by atoms with van der Waals surface area (Å²) in [5.74, 6) is -0.909. The fourth-order valence-corrected chi connectivity index (χ4v) is 3.88. The Morgan fingerprint density at radius 2 is 1.75 bits per heavy atom. The van der Waals surface area contributed by atoms with E-state index in [1.807, 2.05) is 20.8 Å². The topological polar surface area (TPSA) is 114 Å². The predicted octanol–water partition coefficient (Wildman–Crippen LogP) is 3.40. The molecule has 1 aliphatic carbocycles. The van der Waals surface area contributed by atoms with Crippen LogP contribution in [0.2, 0.25) is 0 Å². The van der Waals surface area contributed by atoms with Crippen LogP contribution in [0, 0.1) is 18.2 Å². The van der Waals surface area contributed by atoms with Crippen LogP contribution in [-0.4, -0.2) is 52.2 Å². The lowest BCUT2D eigenvalue weighted by Crippen LogP contribution is -2.32. The van der Waals surface area contributed by atoms with Crippen molar-refractivity contribution in [2.24, 2.45) is 5.41 Å². The van der Waals surface area contributed by atoms with Gasteiger partial charge in [0.25, 0.3) is 11.8 Å². The predicted molar refractivity (Wildman–Crippen MR) is 137 cm³/mol. The molecule has 1 saturated carbocycles. The summed E-state index contributed by atoms with van der Waals surface area (Å²) in [5.41, 5.74) is 1.68. The van der Waals surface area contributed by atoms with Crippen LogP contribution in [0.1, 0.15) is 59.9 Å². The van der Waals surface area contributed by atoms with Gasteiger partial charge in [-0.1, -0.05) is 20.8 Å². The second kappa shape index (κ2) is 11.0. The van der Waals surface area contributed by atoms with Crippen molar-refractivity contribution in [2.45, 2.75) is 46.6 Å². The van der Waals surface area contributed by atoms with Gasteiger partial charge in [0.2, 0.25) is 10.0 Å². The molecular formula is C26H34FN3O5S. The van der Waals surface area contributed by atoms with Crippen LogP contribution >= 0.6 is 0 Å². The Labute approximate surface area is 212 Å². The monoisotopic (exact) mass is 519 g/mol. The van der Waals surface area contributed by atoms with Gasteiger partial charge in [-0.2, -0.15) is 0 Å². The Morgan fingerprint density at radius 1 is 1.06 bits per heavy atom. The van der Waals surface area contributed by atoms with Gasteiger partial charge in [0.05, 0.1) is 6.26 Å². The van der Waals surface area contributed by atoms with Crippen molar-refractivity contribution >= 4 is 21.8 Å². The molecule has 196 valence electrons. The normalized spacial score (nSPS) is 13.8. The van der Waals surface area contributed by atoms with E-state index in [1.54, 1.807) is 31.2 Å². The molecule has 0 aromatic heterocycles. The Kier molecular flexibility index (Phi) is 8.40. The number of benzene rings is 2. The van der Waals surface area contributed by atoms with Crippen LogP contribution in [-0.2, 0) is 10.0 Å². The van der Waals surface area contributed by atoms with Gasteiger partial charge in [0.15, 0.2) is 0 Å². The quantitative estimate of drug-likeness (QED) is 0.417. The van der Waals surface area contributed by atoms with Gasteiger partial charge < -0.3 is 15.4 Å². The lowest BCUT2D eigenvalue weighted by atomic mass is 9.95. The van der Waals surface area contributed by atoms with Gasteiger partial charge in [0, 0.05) is 35.8 Å². The number of hydrogen-bond acceptors (Lipinski definition) is 5. The van der Waals surface area contributed by atoms with Crippen molar-refractivity contribution in [3.05, 3.63) is 52.8 Å². The number of amides is 2. The highest BCUT2D eigenvalue weighted by atomic mass is 32.2. The Hall–Kier alpha value is -2.98. The number of sulfonamides is 1. The molecule has 2 aromatic rings. The number of nitrogens with one attached hydrogen (secondary N) is 3. The lowest BCUT2D eigenvalue weighted by molar-refractivity contribution is 0.0935. The molecular weight excluding hydrogens is 485 g/mol. The first-order chi connectivity index (χ1) is 16.7. The third-order valence-corrected chi connectivity index (χ3v) is 6.28. The van der Waals surface area contributed by atoms with E-state index in [1.165, 1.54) is 6.07 Å². The smallest absolute Gasteiger partial charge is 0.251 e. The highest BCUT2D eigenvalue weighted by molar-refractivity contribution is 7.88. The molecule has 1 aliphatic rings. The van der Waals surface area contributed by atoms with Crippen molar-refractivity contribution in [3.8, 4) is 16.9 Å². The van der Waals surface area contributed by atoms with Crippen LogP contribution in [0.15, 0.2) is 30.3 Å².